The quantitative estimate of drug-likeness (QED) is 0.806. The second-order valence-corrected chi connectivity index (χ2v) is 4.49. The van der Waals surface area contributed by atoms with Crippen LogP contribution in [-0.2, 0) is 17.6 Å². The molecule has 6 nitrogen and oxygen atoms in total. The Labute approximate surface area is 108 Å². The van der Waals surface area contributed by atoms with Gasteiger partial charge in [0.05, 0.1) is 12.6 Å². The van der Waals surface area contributed by atoms with E-state index in [0.29, 0.717) is 31.1 Å². The lowest BCUT2D eigenvalue weighted by atomic mass is 10.2. The molecule has 0 aliphatic carbocycles. The van der Waals surface area contributed by atoms with Crippen LogP contribution in [0.3, 0.4) is 0 Å². The van der Waals surface area contributed by atoms with Crippen molar-refractivity contribution < 1.29 is 18.1 Å². The molecule has 0 bridgehead atoms. The number of hydrogen-bond donors (Lipinski definition) is 2. The van der Waals surface area contributed by atoms with Crippen molar-refractivity contribution in [3.63, 3.8) is 0 Å². The molecule has 1 aromatic rings. The fourth-order valence-electron chi connectivity index (χ4n) is 1.86. The summed E-state index contributed by atoms with van der Waals surface area (Å²) in [7, 11) is 0. The van der Waals surface area contributed by atoms with Crippen molar-refractivity contribution in [1.82, 2.24) is 20.8 Å². The Balaban J connectivity index is 1.72. The zero-order valence-electron chi connectivity index (χ0n) is 10.6. The van der Waals surface area contributed by atoms with Gasteiger partial charge in [-0.15, -0.1) is 0 Å². The monoisotopic (exact) mass is 274 g/mol. The number of aromatic nitrogens is 2. The van der Waals surface area contributed by atoms with E-state index in [0.717, 1.165) is 0 Å². The molecule has 0 aromatic carbocycles. The zero-order chi connectivity index (χ0) is 13.9. The molecule has 1 aliphatic rings. The third-order valence-electron chi connectivity index (χ3n) is 2.89. The van der Waals surface area contributed by atoms with Gasteiger partial charge in [0.15, 0.2) is 5.82 Å². The topological polar surface area (TPSA) is 80.0 Å². The number of carbonyl (C=O) groups is 1. The van der Waals surface area contributed by atoms with E-state index in [9.17, 15) is 13.6 Å². The molecule has 8 heteroatoms. The van der Waals surface area contributed by atoms with Crippen molar-refractivity contribution in [3.8, 4) is 0 Å². The molecule has 1 atom stereocenters. The summed E-state index contributed by atoms with van der Waals surface area (Å²) in [5.41, 5.74) is 0. The molecule has 2 N–H and O–H groups in total. The van der Waals surface area contributed by atoms with Crippen LogP contribution >= 0.6 is 0 Å². The van der Waals surface area contributed by atoms with Crippen molar-refractivity contribution in [2.24, 2.45) is 0 Å². The average Bonchev–Trinajstić information content (AvgIpc) is 2.95. The maximum absolute atomic E-state index is 12.9. The summed E-state index contributed by atoms with van der Waals surface area (Å²) in [6, 6.07) is -0.827. The molecule has 1 saturated heterocycles. The first-order chi connectivity index (χ1) is 9.00. The second-order valence-electron chi connectivity index (χ2n) is 4.49. The van der Waals surface area contributed by atoms with Gasteiger partial charge in [-0.25, -0.2) is 8.78 Å². The molecule has 1 aliphatic heterocycles. The van der Waals surface area contributed by atoms with E-state index in [1.54, 1.807) is 0 Å². The fourth-order valence-corrected chi connectivity index (χ4v) is 1.86. The van der Waals surface area contributed by atoms with Crippen LogP contribution in [0.5, 0.6) is 0 Å². The van der Waals surface area contributed by atoms with Crippen LogP contribution in [0.1, 0.15) is 25.1 Å². The lowest BCUT2D eigenvalue weighted by Gasteiger charge is -2.10. The summed E-state index contributed by atoms with van der Waals surface area (Å²) in [4.78, 5) is 15.7. The maximum Gasteiger partial charge on any atom is 0.262 e. The van der Waals surface area contributed by atoms with E-state index in [1.807, 2.05) is 6.92 Å². The maximum atomic E-state index is 12.9. The predicted molar refractivity (Wildman–Crippen MR) is 61.7 cm³/mol. The number of carbonyl (C=O) groups excluding carboxylic acids is 1. The highest BCUT2D eigenvalue weighted by atomic mass is 19.3. The number of alkyl halides is 2. The Bertz CT molecular complexity index is 450. The highest BCUT2D eigenvalue weighted by molar-refractivity contribution is 5.82. The van der Waals surface area contributed by atoms with E-state index in [-0.39, 0.29) is 0 Å². The van der Waals surface area contributed by atoms with Crippen molar-refractivity contribution in [1.29, 1.82) is 0 Å². The van der Waals surface area contributed by atoms with Gasteiger partial charge < -0.3 is 9.84 Å². The van der Waals surface area contributed by atoms with Crippen LogP contribution in [0.4, 0.5) is 8.78 Å². The Kier molecular flexibility index (Phi) is 4.08. The van der Waals surface area contributed by atoms with E-state index in [2.05, 4.69) is 20.8 Å². The summed E-state index contributed by atoms with van der Waals surface area (Å²) in [5.74, 6) is -2.18. The average molecular weight is 274 g/mol. The number of aryl methyl sites for hydroxylation is 1. The minimum Gasteiger partial charge on any atom is -0.354 e. The molecule has 1 amide bonds. The van der Waals surface area contributed by atoms with Gasteiger partial charge in [-0.05, 0) is 0 Å². The van der Waals surface area contributed by atoms with Gasteiger partial charge in [0, 0.05) is 25.8 Å². The highest BCUT2D eigenvalue weighted by Gasteiger charge is 2.42. The molecule has 1 unspecified atom stereocenters. The lowest BCUT2D eigenvalue weighted by Crippen LogP contribution is -2.41. The summed E-state index contributed by atoms with van der Waals surface area (Å²) in [5, 5.41) is 8.81. The molecule has 2 heterocycles. The van der Waals surface area contributed by atoms with Gasteiger partial charge in [0.25, 0.3) is 5.92 Å². The molecule has 0 spiro atoms. The van der Waals surface area contributed by atoms with Crippen molar-refractivity contribution in [2.75, 3.05) is 13.1 Å². The molecule has 2 rings (SSSR count). The number of rotatable bonds is 5. The van der Waals surface area contributed by atoms with Gasteiger partial charge in [0.2, 0.25) is 11.8 Å². The molecule has 1 fully saturated rings. The number of nitrogens with zero attached hydrogens (tertiary/aromatic N) is 2. The van der Waals surface area contributed by atoms with Crippen LogP contribution < -0.4 is 10.6 Å². The third-order valence-corrected chi connectivity index (χ3v) is 2.89. The smallest absolute Gasteiger partial charge is 0.262 e. The minimum absolute atomic E-state index is 0.297. The van der Waals surface area contributed by atoms with Gasteiger partial charge in [-0.2, -0.15) is 4.98 Å². The molecule has 1 aromatic heterocycles. The van der Waals surface area contributed by atoms with Crippen molar-refractivity contribution in [2.45, 2.75) is 38.2 Å². The molecule has 19 heavy (non-hydrogen) atoms. The van der Waals surface area contributed by atoms with Crippen molar-refractivity contribution in [3.05, 3.63) is 11.7 Å². The van der Waals surface area contributed by atoms with E-state index < -0.39 is 30.8 Å². The van der Waals surface area contributed by atoms with Crippen LogP contribution in [0.15, 0.2) is 4.52 Å². The molecule has 0 saturated carbocycles. The highest BCUT2D eigenvalue weighted by Crippen LogP contribution is 2.24. The van der Waals surface area contributed by atoms with E-state index in [4.69, 9.17) is 4.52 Å². The Hall–Kier alpha value is -1.57. The normalized spacial score (nSPS) is 21.5. The zero-order valence-corrected chi connectivity index (χ0v) is 10.6. The first-order valence-electron chi connectivity index (χ1n) is 6.20. The molecular weight excluding hydrogens is 258 g/mol. The van der Waals surface area contributed by atoms with Gasteiger partial charge in [-0.3, -0.25) is 10.1 Å². The van der Waals surface area contributed by atoms with E-state index >= 15 is 0 Å². The molecular formula is C11H16F2N4O2. The first-order valence-corrected chi connectivity index (χ1v) is 6.20. The third kappa shape index (κ3) is 3.69. The lowest BCUT2D eigenvalue weighted by molar-refractivity contribution is -0.123. The largest absolute Gasteiger partial charge is 0.354 e. The number of nitrogens with one attached hydrogen (secondary N) is 2. The SMILES string of the molecule is CCc1nc(CCNC(=O)C2CC(F)(F)CN2)no1. The molecule has 106 valence electrons. The fraction of sp³-hybridized carbons (Fsp3) is 0.727. The summed E-state index contributed by atoms with van der Waals surface area (Å²) < 4.78 is 30.7. The Morgan fingerprint density at radius 3 is 3.00 bits per heavy atom. The predicted octanol–water partition coefficient (Wildman–Crippen LogP) is 0.288. The number of halogens is 2. The first kappa shape index (κ1) is 13.9. The van der Waals surface area contributed by atoms with Crippen molar-refractivity contribution >= 4 is 5.91 Å². The van der Waals surface area contributed by atoms with Crippen LogP contribution in [0.2, 0.25) is 0 Å². The number of amides is 1. The minimum atomic E-state index is -2.80. The Morgan fingerprint density at radius 2 is 2.42 bits per heavy atom. The van der Waals surface area contributed by atoms with E-state index in [1.165, 1.54) is 0 Å². The summed E-state index contributed by atoms with van der Waals surface area (Å²) in [6.45, 7) is 1.74. The van der Waals surface area contributed by atoms with Crippen LogP contribution in [0.25, 0.3) is 0 Å². The molecule has 0 radical (unpaired) electrons. The van der Waals surface area contributed by atoms with Gasteiger partial charge in [0.1, 0.15) is 0 Å². The summed E-state index contributed by atoms with van der Waals surface area (Å²) in [6.07, 6.45) is 0.611. The van der Waals surface area contributed by atoms with Crippen LogP contribution in [0, 0.1) is 0 Å². The Morgan fingerprint density at radius 1 is 1.63 bits per heavy atom. The standard InChI is InChI=1S/C11H16F2N4O2/c1-2-9-16-8(17-19-9)3-4-14-10(18)7-5-11(12,13)6-15-7/h7,15H,2-6H2,1H3,(H,14,18). The van der Waals surface area contributed by atoms with Gasteiger partial charge in [-0.1, -0.05) is 12.1 Å². The van der Waals surface area contributed by atoms with Crippen LogP contribution in [-0.4, -0.2) is 41.1 Å². The second kappa shape index (κ2) is 5.60. The van der Waals surface area contributed by atoms with Gasteiger partial charge >= 0.3 is 0 Å². The summed E-state index contributed by atoms with van der Waals surface area (Å²) >= 11 is 0. The number of hydrogen-bond acceptors (Lipinski definition) is 5.